The number of amides is 1. The van der Waals surface area contributed by atoms with Crippen molar-refractivity contribution in [1.29, 1.82) is 0 Å². The SMILES string of the molecule is CNc1cc(-c2cnc3n(CCCN4CCOCC4)cccc2-3)nc2c(C(=O)NC3CCC3OC)cnn12. The Morgan fingerprint density at radius 1 is 1.18 bits per heavy atom. The summed E-state index contributed by atoms with van der Waals surface area (Å²) in [6, 6.07) is 6.09. The Labute approximate surface area is 221 Å². The predicted octanol–water partition coefficient (Wildman–Crippen LogP) is 2.37. The number of morpholine rings is 1. The Balaban J connectivity index is 1.26. The lowest BCUT2D eigenvalue weighted by atomic mass is 9.89. The Morgan fingerprint density at radius 3 is 2.82 bits per heavy atom. The lowest BCUT2D eigenvalue weighted by Gasteiger charge is -2.35. The number of anilines is 1. The first-order chi connectivity index (χ1) is 18.7. The summed E-state index contributed by atoms with van der Waals surface area (Å²) >= 11 is 0. The van der Waals surface area contributed by atoms with E-state index >= 15 is 0 Å². The van der Waals surface area contributed by atoms with Crippen LogP contribution >= 0.6 is 0 Å². The van der Waals surface area contributed by atoms with Gasteiger partial charge >= 0.3 is 0 Å². The third-order valence-corrected chi connectivity index (χ3v) is 7.70. The molecule has 5 heterocycles. The molecule has 1 aliphatic carbocycles. The van der Waals surface area contributed by atoms with E-state index in [0.717, 1.165) is 87.1 Å². The maximum absolute atomic E-state index is 13.1. The third kappa shape index (κ3) is 4.61. The maximum atomic E-state index is 13.1. The van der Waals surface area contributed by atoms with Crippen LogP contribution in [0.2, 0.25) is 0 Å². The molecule has 0 bridgehead atoms. The lowest BCUT2D eigenvalue weighted by molar-refractivity contribution is 0.00732. The van der Waals surface area contributed by atoms with E-state index in [1.165, 1.54) is 0 Å². The van der Waals surface area contributed by atoms with Crippen molar-refractivity contribution in [3.8, 4) is 22.6 Å². The van der Waals surface area contributed by atoms with Crippen LogP contribution in [0, 0.1) is 0 Å². The average Bonchev–Trinajstić information content (AvgIpc) is 3.56. The molecule has 11 nitrogen and oxygen atoms in total. The molecular formula is C27H34N8O3. The molecule has 2 aromatic rings. The van der Waals surface area contributed by atoms with Crippen LogP contribution in [-0.4, -0.2) is 94.1 Å². The second-order valence-corrected chi connectivity index (χ2v) is 9.92. The van der Waals surface area contributed by atoms with Crippen LogP contribution in [0.4, 0.5) is 5.82 Å². The molecule has 6 rings (SSSR count). The fourth-order valence-corrected chi connectivity index (χ4v) is 5.37. The number of hydrogen-bond donors (Lipinski definition) is 2. The fraction of sp³-hybridized carbons (Fsp3) is 0.481. The molecule has 0 spiro atoms. The molecule has 4 aliphatic rings. The number of nitrogens with zero attached hydrogens (tertiary/aromatic N) is 6. The van der Waals surface area contributed by atoms with Crippen molar-refractivity contribution in [3.05, 3.63) is 42.4 Å². The minimum Gasteiger partial charge on any atom is -0.379 e. The van der Waals surface area contributed by atoms with Gasteiger partial charge < -0.3 is 24.7 Å². The van der Waals surface area contributed by atoms with Gasteiger partial charge in [0.15, 0.2) is 5.65 Å². The summed E-state index contributed by atoms with van der Waals surface area (Å²) in [6.07, 6.45) is 8.48. The van der Waals surface area contributed by atoms with E-state index in [1.54, 1.807) is 17.8 Å². The van der Waals surface area contributed by atoms with E-state index in [9.17, 15) is 4.79 Å². The Morgan fingerprint density at radius 2 is 2.05 bits per heavy atom. The van der Waals surface area contributed by atoms with Crippen LogP contribution in [0.3, 0.4) is 0 Å². The zero-order chi connectivity index (χ0) is 26.1. The van der Waals surface area contributed by atoms with E-state index in [1.807, 2.05) is 19.3 Å². The summed E-state index contributed by atoms with van der Waals surface area (Å²) in [4.78, 5) is 25.3. The van der Waals surface area contributed by atoms with E-state index in [0.29, 0.717) is 11.2 Å². The highest BCUT2D eigenvalue weighted by Gasteiger charge is 2.33. The molecule has 3 aliphatic heterocycles. The third-order valence-electron chi connectivity index (χ3n) is 7.70. The Kier molecular flexibility index (Phi) is 6.96. The molecule has 0 aromatic carbocycles. The predicted molar refractivity (Wildman–Crippen MR) is 144 cm³/mol. The summed E-state index contributed by atoms with van der Waals surface area (Å²) in [7, 11) is 3.51. The van der Waals surface area contributed by atoms with Crippen molar-refractivity contribution in [3.63, 3.8) is 0 Å². The number of pyridine rings is 1. The summed E-state index contributed by atoms with van der Waals surface area (Å²) in [5.41, 5.74) is 3.63. The monoisotopic (exact) mass is 518 g/mol. The van der Waals surface area contributed by atoms with Gasteiger partial charge in [-0.15, -0.1) is 0 Å². The van der Waals surface area contributed by atoms with E-state index < -0.39 is 0 Å². The number of carbonyl (C=O) groups is 1. The first-order valence-corrected chi connectivity index (χ1v) is 13.3. The number of nitrogens with one attached hydrogen (secondary N) is 2. The largest absolute Gasteiger partial charge is 0.379 e. The molecule has 38 heavy (non-hydrogen) atoms. The normalized spacial score (nSPS) is 20.1. The second-order valence-electron chi connectivity index (χ2n) is 9.92. The minimum absolute atomic E-state index is 0.0105. The molecule has 2 unspecified atom stereocenters. The highest BCUT2D eigenvalue weighted by molar-refractivity contribution is 6.00. The quantitative estimate of drug-likeness (QED) is 0.348. The van der Waals surface area contributed by atoms with Gasteiger partial charge in [-0.1, -0.05) is 0 Å². The van der Waals surface area contributed by atoms with Crippen molar-refractivity contribution in [2.45, 2.75) is 38.0 Å². The van der Waals surface area contributed by atoms with Crippen LogP contribution < -0.4 is 10.6 Å². The molecule has 200 valence electrons. The number of carbonyl (C=O) groups excluding carboxylic acids is 1. The van der Waals surface area contributed by atoms with Crippen LogP contribution in [0.5, 0.6) is 0 Å². The zero-order valence-corrected chi connectivity index (χ0v) is 21.9. The molecule has 1 saturated heterocycles. The van der Waals surface area contributed by atoms with Gasteiger partial charge in [-0.25, -0.2) is 9.97 Å². The summed E-state index contributed by atoms with van der Waals surface area (Å²) < 4.78 is 14.8. The average molecular weight is 519 g/mol. The Bertz CT molecular complexity index is 1390. The van der Waals surface area contributed by atoms with Gasteiger partial charge in [-0.05, 0) is 31.4 Å². The van der Waals surface area contributed by atoms with Crippen molar-refractivity contribution in [2.75, 3.05) is 52.3 Å². The number of aromatic nitrogens is 5. The van der Waals surface area contributed by atoms with Gasteiger partial charge in [0.1, 0.15) is 17.2 Å². The van der Waals surface area contributed by atoms with Gasteiger partial charge in [-0.3, -0.25) is 9.69 Å². The smallest absolute Gasteiger partial charge is 0.257 e. The highest BCUT2D eigenvalue weighted by atomic mass is 16.5. The molecule has 2 fully saturated rings. The summed E-state index contributed by atoms with van der Waals surface area (Å²) in [5, 5.41) is 10.7. The van der Waals surface area contributed by atoms with Gasteiger partial charge in [0.25, 0.3) is 5.91 Å². The van der Waals surface area contributed by atoms with Gasteiger partial charge in [0.2, 0.25) is 0 Å². The van der Waals surface area contributed by atoms with E-state index in [4.69, 9.17) is 19.4 Å². The van der Waals surface area contributed by atoms with Crippen molar-refractivity contribution >= 4 is 17.4 Å². The van der Waals surface area contributed by atoms with Gasteiger partial charge in [-0.2, -0.15) is 9.61 Å². The molecule has 1 amide bonds. The van der Waals surface area contributed by atoms with Gasteiger partial charge in [0, 0.05) is 69.9 Å². The van der Waals surface area contributed by atoms with Crippen molar-refractivity contribution in [2.24, 2.45) is 0 Å². The standard InChI is InChI=1S/C27H34N8O3/c1-28-24-15-22(31-26-20(17-30-35(24)26)27(36)32-21-6-7-23(21)37-2)19-16-29-25-18(19)5-3-9-34(25)10-4-8-33-11-13-38-14-12-33/h3,5,9,15-17,21,23,28H,4,6-8,10-14H2,1-2H3,(H,32,36). The molecular weight excluding hydrogens is 484 g/mol. The van der Waals surface area contributed by atoms with Crippen LogP contribution in [0.15, 0.2) is 36.8 Å². The lowest BCUT2D eigenvalue weighted by Crippen LogP contribution is -2.51. The van der Waals surface area contributed by atoms with Crippen LogP contribution in [0.1, 0.15) is 29.6 Å². The highest BCUT2D eigenvalue weighted by Crippen LogP contribution is 2.34. The molecule has 0 radical (unpaired) electrons. The fourth-order valence-electron chi connectivity index (χ4n) is 5.37. The number of rotatable bonds is 9. The summed E-state index contributed by atoms with van der Waals surface area (Å²) in [6.45, 7) is 5.56. The van der Waals surface area contributed by atoms with Crippen molar-refractivity contribution in [1.82, 2.24) is 34.4 Å². The first-order valence-electron chi connectivity index (χ1n) is 13.3. The minimum atomic E-state index is -0.193. The number of ether oxygens (including phenoxy) is 2. The maximum Gasteiger partial charge on any atom is 0.257 e. The summed E-state index contributed by atoms with van der Waals surface area (Å²) in [5.74, 6) is 1.48. The van der Waals surface area contributed by atoms with Crippen LogP contribution in [0.25, 0.3) is 28.3 Å². The van der Waals surface area contributed by atoms with E-state index in [2.05, 4.69) is 43.5 Å². The Hall–Kier alpha value is -3.54. The molecule has 2 aromatic heterocycles. The molecule has 11 heteroatoms. The van der Waals surface area contributed by atoms with E-state index in [-0.39, 0.29) is 18.1 Å². The van der Waals surface area contributed by atoms with Crippen molar-refractivity contribution < 1.29 is 14.3 Å². The number of hydrogen-bond acceptors (Lipinski definition) is 8. The first kappa shape index (κ1) is 24.8. The number of fused-ring (bicyclic) bond motifs is 2. The molecule has 2 N–H and O–H groups in total. The van der Waals surface area contributed by atoms with Gasteiger partial charge in [0.05, 0.1) is 37.3 Å². The molecule has 1 saturated carbocycles. The topological polar surface area (TPSA) is 111 Å². The number of aryl methyl sites for hydroxylation is 1. The van der Waals surface area contributed by atoms with Crippen LogP contribution in [-0.2, 0) is 16.0 Å². The molecule has 2 atom stereocenters. The number of methoxy groups -OCH3 is 1. The second kappa shape index (κ2) is 10.7. The zero-order valence-electron chi connectivity index (χ0n) is 21.9.